The van der Waals surface area contributed by atoms with Crippen LogP contribution in [0.3, 0.4) is 0 Å². The zero-order valence-corrected chi connectivity index (χ0v) is 12.3. The van der Waals surface area contributed by atoms with Gasteiger partial charge in [0.2, 0.25) is 0 Å². The van der Waals surface area contributed by atoms with Crippen molar-refractivity contribution in [2.24, 2.45) is 0 Å². The molecule has 1 N–H and O–H groups in total. The number of benzene rings is 1. The van der Waals surface area contributed by atoms with Crippen molar-refractivity contribution in [3.63, 3.8) is 0 Å². The Labute approximate surface area is 120 Å². The Morgan fingerprint density at radius 2 is 2.05 bits per heavy atom. The molecule has 3 nitrogen and oxygen atoms in total. The summed E-state index contributed by atoms with van der Waals surface area (Å²) in [6.45, 7) is 3.08. The van der Waals surface area contributed by atoms with E-state index in [0.717, 1.165) is 30.7 Å². The number of ether oxygens (including phenoxy) is 1. The van der Waals surface area contributed by atoms with Crippen LogP contribution in [0, 0.1) is 0 Å². The number of rotatable bonds is 3. The normalized spacial score (nSPS) is 14.7. The van der Waals surface area contributed by atoms with E-state index in [0.29, 0.717) is 0 Å². The van der Waals surface area contributed by atoms with E-state index in [2.05, 4.69) is 24.4 Å². The minimum Gasteiger partial charge on any atom is -0.497 e. The summed E-state index contributed by atoms with van der Waals surface area (Å²) < 4.78 is 5.37. The van der Waals surface area contributed by atoms with Gasteiger partial charge in [-0.05, 0) is 56.4 Å². The molecule has 1 aromatic carbocycles. The molecule has 0 saturated heterocycles. The summed E-state index contributed by atoms with van der Waals surface area (Å²) in [5, 5.41) is 4.75. The number of hydrogen-bond acceptors (Lipinski definition) is 3. The third kappa shape index (κ3) is 2.33. The number of hydrogen-bond donors (Lipinski definition) is 1. The molecule has 1 heterocycles. The summed E-state index contributed by atoms with van der Waals surface area (Å²) in [6.07, 6.45) is 6.07. The monoisotopic (exact) mass is 270 g/mol. The highest BCUT2D eigenvalue weighted by atomic mass is 16.5. The second kappa shape index (κ2) is 5.70. The van der Waals surface area contributed by atoms with Crippen molar-refractivity contribution >= 4 is 16.6 Å². The number of anilines is 1. The molecule has 0 fully saturated rings. The summed E-state index contributed by atoms with van der Waals surface area (Å²) >= 11 is 0. The Balaban J connectivity index is 2.24. The van der Waals surface area contributed by atoms with Gasteiger partial charge in [0.1, 0.15) is 5.75 Å². The molecule has 0 aliphatic heterocycles. The summed E-state index contributed by atoms with van der Waals surface area (Å²) in [5.74, 6) is 0.895. The summed E-state index contributed by atoms with van der Waals surface area (Å²) in [5.41, 5.74) is 5.05. The molecule has 1 aromatic heterocycles. The lowest BCUT2D eigenvalue weighted by Crippen LogP contribution is -2.06. The lowest BCUT2D eigenvalue weighted by molar-refractivity contribution is 0.415. The van der Waals surface area contributed by atoms with Crippen molar-refractivity contribution < 1.29 is 4.74 Å². The van der Waals surface area contributed by atoms with Gasteiger partial charge >= 0.3 is 0 Å². The molecule has 0 bridgehead atoms. The molecule has 1 aliphatic carbocycles. The molecule has 0 unspecified atom stereocenters. The number of methoxy groups -OCH3 is 1. The first-order chi connectivity index (χ1) is 9.83. The van der Waals surface area contributed by atoms with E-state index in [-0.39, 0.29) is 0 Å². The Bertz CT molecular complexity index is 622. The quantitative estimate of drug-likeness (QED) is 0.858. The second-order valence-corrected chi connectivity index (χ2v) is 5.39. The van der Waals surface area contributed by atoms with Crippen LogP contribution in [0.2, 0.25) is 0 Å². The van der Waals surface area contributed by atoms with E-state index in [4.69, 9.17) is 9.72 Å². The van der Waals surface area contributed by atoms with Crippen LogP contribution in [0.1, 0.15) is 37.4 Å². The lowest BCUT2D eigenvalue weighted by Gasteiger charge is -2.17. The minimum absolute atomic E-state index is 0.895. The van der Waals surface area contributed by atoms with E-state index >= 15 is 0 Å². The van der Waals surface area contributed by atoms with Gasteiger partial charge in [-0.25, -0.2) is 0 Å². The van der Waals surface area contributed by atoms with E-state index < -0.39 is 0 Å². The Kier molecular flexibility index (Phi) is 3.77. The van der Waals surface area contributed by atoms with Crippen molar-refractivity contribution in [1.82, 2.24) is 4.98 Å². The molecule has 2 aromatic rings. The summed E-state index contributed by atoms with van der Waals surface area (Å²) in [4.78, 5) is 4.90. The number of aryl methyl sites for hydroxylation is 1. The van der Waals surface area contributed by atoms with Gasteiger partial charge in [-0.1, -0.05) is 6.42 Å². The lowest BCUT2D eigenvalue weighted by atomic mass is 10.0. The Hall–Kier alpha value is -1.77. The van der Waals surface area contributed by atoms with Gasteiger partial charge in [0, 0.05) is 23.3 Å². The number of nitrogens with one attached hydrogen (secondary N) is 1. The maximum atomic E-state index is 5.37. The van der Waals surface area contributed by atoms with E-state index in [9.17, 15) is 0 Å². The first-order valence-corrected chi connectivity index (χ1v) is 7.57. The van der Waals surface area contributed by atoms with Crippen LogP contribution in [0.4, 0.5) is 5.69 Å². The predicted molar refractivity (Wildman–Crippen MR) is 83.7 cm³/mol. The van der Waals surface area contributed by atoms with Gasteiger partial charge in [0.15, 0.2) is 0 Å². The highest BCUT2D eigenvalue weighted by molar-refractivity contribution is 5.94. The minimum atomic E-state index is 0.895. The van der Waals surface area contributed by atoms with Crippen LogP contribution in [-0.4, -0.2) is 18.6 Å². The molecule has 0 amide bonds. The molecule has 20 heavy (non-hydrogen) atoms. The average Bonchev–Trinajstić information content (AvgIpc) is 2.72. The maximum absolute atomic E-state index is 5.37. The predicted octanol–water partition coefficient (Wildman–Crippen LogP) is 3.94. The van der Waals surface area contributed by atoms with Crippen LogP contribution in [0.25, 0.3) is 10.9 Å². The molecular weight excluding hydrogens is 248 g/mol. The third-order valence-corrected chi connectivity index (χ3v) is 4.07. The standard InChI is InChI=1S/C17H22N2O/c1-3-18-17-13-7-5-4-6-8-15(13)19-16-10-9-12(20-2)11-14(16)17/h9-11H,3-8H2,1-2H3,(H,18,19). The van der Waals surface area contributed by atoms with E-state index in [1.807, 2.05) is 6.07 Å². The topological polar surface area (TPSA) is 34.2 Å². The Morgan fingerprint density at radius 3 is 2.85 bits per heavy atom. The smallest absolute Gasteiger partial charge is 0.119 e. The van der Waals surface area contributed by atoms with Gasteiger partial charge in [-0.3, -0.25) is 4.98 Å². The molecule has 0 spiro atoms. The fraction of sp³-hybridized carbons (Fsp3) is 0.471. The number of fused-ring (bicyclic) bond motifs is 2. The summed E-state index contributed by atoms with van der Waals surface area (Å²) in [7, 11) is 1.71. The molecule has 3 rings (SSSR count). The van der Waals surface area contributed by atoms with E-state index in [1.165, 1.54) is 41.6 Å². The van der Waals surface area contributed by atoms with Crippen molar-refractivity contribution in [3.8, 4) is 5.75 Å². The van der Waals surface area contributed by atoms with Crippen molar-refractivity contribution in [1.29, 1.82) is 0 Å². The van der Waals surface area contributed by atoms with Gasteiger partial charge in [0.25, 0.3) is 0 Å². The third-order valence-electron chi connectivity index (χ3n) is 4.07. The van der Waals surface area contributed by atoms with Gasteiger partial charge in [0.05, 0.1) is 12.6 Å². The fourth-order valence-corrected chi connectivity index (χ4v) is 3.09. The molecular formula is C17H22N2O. The van der Waals surface area contributed by atoms with Gasteiger partial charge in [-0.15, -0.1) is 0 Å². The first kappa shape index (κ1) is 13.2. The van der Waals surface area contributed by atoms with Crippen molar-refractivity contribution in [3.05, 3.63) is 29.5 Å². The molecule has 1 aliphatic rings. The fourth-order valence-electron chi connectivity index (χ4n) is 3.09. The maximum Gasteiger partial charge on any atom is 0.119 e. The highest BCUT2D eigenvalue weighted by Gasteiger charge is 2.17. The zero-order valence-electron chi connectivity index (χ0n) is 12.3. The van der Waals surface area contributed by atoms with Crippen molar-refractivity contribution in [2.75, 3.05) is 19.0 Å². The molecule has 106 valence electrons. The molecule has 0 saturated carbocycles. The van der Waals surface area contributed by atoms with E-state index in [1.54, 1.807) is 7.11 Å². The Morgan fingerprint density at radius 1 is 1.20 bits per heavy atom. The average molecular weight is 270 g/mol. The zero-order chi connectivity index (χ0) is 13.9. The molecule has 0 radical (unpaired) electrons. The largest absolute Gasteiger partial charge is 0.497 e. The van der Waals surface area contributed by atoms with Crippen LogP contribution < -0.4 is 10.1 Å². The van der Waals surface area contributed by atoms with Gasteiger partial charge < -0.3 is 10.1 Å². The second-order valence-electron chi connectivity index (χ2n) is 5.39. The van der Waals surface area contributed by atoms with Crippen LogP contribution >= 0.6 is 0 Å². The highest BCUT2D eigenvalue weighted by Crippen LogP contribution is 2.34. The van der Waals surface area contributed by atoms with Crippen LogP contribution in [-0.2, 0) is 12.8 Å². The number of aromatic nitrogens is 1. The number of nitrogens with zero attached hydrogens (tertiary/aromatic N) is 1. The van der Waals surface area contributed by atoms with Crippen molar-refractivity contribution in [2.45, 2.75) is 39.0 Å². The number of pyridine rings is 1. The first-order valence-electron chi connectivity index (χ1n) is 7.57. The summed E-state index contributed by atoms with van der Waals surface area (Å²) in [6, 6.07) is 6.17. The SMILES string of the molecule is CCNc1c2c(nc3ccc(OC)cc13)CCCCC2. The van der Waals surface area contributed by atoms with Gasteiger partial charge in [-0.2, -0.15) is 0 Å². The van der Waals surface area contributed by atoms with Crippen LogP contribution in [0.15, 0.2) is 18.2 Å². The van der Waals surface area contributed by atoms with Crippen LogP contribution in [0.5, 0.6) is 5.75 Å². The molecule has 3 heteroatoms. The molecule has 0 atom stereocenters.